The number of hydrogen-bond acceptors (Lipinski definition) is 4. The average molecular weight is 328 g/mol. The highest BCUT2D eigenvalue weighted by atomic mass is 16.6. The fourth-order valence-corrected chi connectivity index (χ4v) is 2.83. The number of amides is 2. The molecule has 1 heterocycles. The predicted molar refractivity (Wildman–Crippen MR) is 85.0 cm³/mol. The third-order valence-corrected chi connectivity index (χ3v) is 3.82. The van der Waals surface area contributed by atoms with Crippen molar-refractivity contribution in [3.05, 3.63) is 0 Å². The lowest BCUT2D eigenvalue weighted by Gasteiger charge is -2.33. The largest absolute Gasteiger partial charge is 0.480 e. The minimum absolute atomic E-state index is 0.224. The van der Waals surface area contributed by atoms with Crippen LogP contribution in [0.1, 0.15) is 47.5 Å². The first kappa shape index (κ1) is 19.3. The van der Waals surface area contributed by atoms with Crippen LogP contribution >= 0.6 is 0 Å². The molecule has 0 aromatic carbocycles. The highest BCUT2D eigenvalue weighted by Crippen LogP contribution is 2.23. The van der Waals surface area contributed by atoms with Crippen molar-refractivity contribution in [2.24, 2.45) is 5.92 Å². The van der Waals surface area contributed by atoms with Crippen LogP contribution in [0.2, 0.25) is 0 Å². The molecule has 1 rings (SSSR count). The Morgan fingerprint density at radius 2 is 1.83 bits per heavy atom. The molecule has 0 aromatic heterocycles. The summed E-state index contributed by atoms with van der Waals surface area (Å²) in [5, 5.41) is 9.33. The van der Waals surface area contributed by atoms with Crippen LogP contribution in [0, 0.1) is 5.92 Å². The van der Waals surface area contributed by atoms with Crippen molar-refractivity contribution < 1.29 is 24.2 Å². The minimum Gasteiger partial charge on any atom is -0.480 e. The third kappa shape index (κ3) is 4.84. The minimum atomic E-state index is -1.04. The number of rotatable bonds is 4. The van der Waals surface area contributed by atoms with Gasteiger partial charge in [0.25, 0.3) is 0 Å². The van der Waals surface area contributed by atoms with Crippen molar-refractivity contribution in [2.45, 2.75) is 65.1 Å². The Bertz CT molecular complexity index is 470. The molecular weight excluding hydrogens is 300 g/mol. The number of carboxylic acids is 1. The van der Waals surface area contributed by atoms with Crippen molar-refractivity contribution in [2.75, 3.05) is 13.6 Å². The van der Waals surface area contributed by atoms with E-state index in [1.54, 1.807) is 34.6 Å². The molecule has 0 bridgehead atoms. The zero-order chi connectivity index (χ0) is 17.9. The predicted octanol–water partition coefficient (Wildman–Crippen LogP) is 1.95. The molecule has 0 unspecified atom stereocenters. The van der Waals surface area contributed by atoms with Gasteiger partial charge in [0.2, 0.25) is 5.91 Å². The fraction of sp³-hybridized carbons (Fsp3) is 0.812. The summed E-state index contributed by atoms with van der Waals surface area (Å²) in [5.41, 5.74) is -0.638. The molecule has 2 atom stereocenters. The second-order valence-electron chi connectivity index (χ2n) is 7.31. The van der Waals surface area contributed by atoms with E-state index in [0.717, 1.165) is 0 Å². The van der Waals surface area contributed by atoms with Crippen LogP contribution in [0.25, 0.3) is 0 Å². The molecule has 1 fully saturated rings. The van der Waals surface area contributed by atoms with Gasteiger partial charge < -0.3 is 14.7 Å². The lowest BCUT2D eigenvalue weighted by molar-refractivity contribution is -0.152. The van der Waals surface area contributed by atoms with E-state index in [0.29, 0.717) is 19.4 Å². The fourth-order valence-electron chi connectivity index (χ4n) is 2.83. The van der Waals surface area contributed by atoms with Crippen LogP contribution in [-0.2, 0) is 14.3 Å². The van der Waals surface area contributed by atoms with Crippen LogP contribution in [0.3, 0.4) is 0 Å². The number of carbonyl (C=O) groups excluding carboxylic acids is 2. The maximum atomic E-state index is 12.7. The van der Waals surface area contributed by atoms with Gasteiger partial charge in [0.15, 0.2) is 0 Å². The zero-order valence-electron chi connectivity index (χ0n) is 14.8. The highest BCUT2D eigenvalue weighted by molar-refractivity contribution is 5.89. The normalized spacial score (nSPS) is 19.6. The monoisotopic (exact) mass is 328 g/mol. The summed E-state index contributed by atoms with van der Waals surface area (Å²) in [6.45, 7) is 9.25. The Morgan fingerprint density at radius 1 is 1.26 bits per heavy atom. The number of carbonyl (C=O) groups is 3. The standard InChI is InChI=1S/C16H28N2O5/c1-10(2)12(14(20)21)17(6)13(19)11-8-7-9-18(11)15(22)23-16(3,4)5/h10-12H,7-9H2,1-6H3,(H,20,21)/t11-,12-/m0/s1. The molecular formula is C16H28N2O5. The number of hydrogen-bond donors (Lipinski definition) is 1. The first-order valence-corrected chi connectivity index (χ1v) is 7.94. The molecule has 1 aliphatic rings. The van der Waals surface area contributed by atoms with E-state index in [-0.39, 0.29) is 11.8 Å². The van der Waals surface area contributed by atoms with Crippen LogP contribution in [-0.4, -0.2) is 64.2 Å². The summed E-state index contributed by atoms with van der Waals surface area (Å²) in [5.74, 6) is -1.62. The molecule has 1 N–H and O–H groups in total. The summed E-state index contributed by atoms with van der Waals surface area (Å²) >= 11 is 0. The molecule has 23 heavy (non-hydrogen) atoms. The van der Waals surface area contributed by atoms with Gasteiger partial charge in [-0.05, 0) is 39.5 Å². The van der Waals surface area contributed by atoms with Crippen molar-refractivity contribution >= 4 is 18.0 Å². The molecule has 0 spiro atoms. The SMILES string of the molecule is CC(C)[C@@H](C(=O)O)N(C)C(=O)[C@@H]1CCCN1C(=O)OC(C)(C)C. The Morgan fingerprint density at radius 3 is 2.26 bits per heavy atom. The van der Waals surface area contributed by atoms with E-state index in [1.165, 1.54) is 16.8 Å². The molecule has 2 amide bonds. The number of aliphatic carboxylic acids is 1. The summed E-state index contributed by atoms with van der Waals surface area (Å²) < 4.78 is 5.34. The van der Waals surface area contributed by atoms with Gasteiger partial charge in [0.1, 0.15) is 17.7 Å². The van der Waals surface area contributed by atoms with Crippen LogP contribution in [0.15, 0.2) is 0 Å². The number of ether oxygens (including phenoxy) is 1. The first-order chi connectivity index (χ1) is 10.5. The van der Waals surface area contributed by atoms with E-state index >= 15 is 0 Å². The highest BCUT2D eigenvalue weighted by Gasteiger charge is 2.41. The van der Waals surface area contributed by atoms with Gasteiger partial charge in [-0.15, -0.1) is 0 Å². The Labute approximate surface area is 137 Å². The maximum absolute atomic E-state index is 12.7. The Hall–Kier alpha value is -1.79. The van der Waals surface area contributed by atoms with Gasteiger partial charge in [0, 0.05) is 13.6 Å². The van der Waals surface area contributed by atoms with Crippen molar-refractivity contribution in [1.82, 2.24) is 9.80 Å². The molecule has 7 heteroatoms. The van der Waals surface area contributed by atoms with E-state index in [2.05, 4.69) is 0 Å². The van der Waals surface area contributed by atoms with Crippen molar-refractivity contribution in [3.8, 4) is 0 Å². The molecule has 0 aliphatic carbocycles. The molecule has 7 nitrogen and oxygen atoms in total. The van der Waals surface area contributed by atoms with E-state index in [4.69, 9.17) is 4.74 Å². The lowest BCUT2D eigenvalue weighted by atomic mass is 10.0. The summed E-state index contributed by atoms with van der Waals surface area (Å²) in [6, 6.07) is -1.57. The Kier molecular flexibility index (Phi) is 6.02. The lowest BCUT2D eigenvalue weighted by Crippen LogP contribution is -2.53. The summed E-state index contributed by atoms with van der Waals surface area (Å²) in [4.78, 5) is 39.0. The topological polar surface area (TPSA) is 87.2 Å². The van der Waals surface area contributed by atoms with Crippen LogP contribution in [0.5, 0.6) is 0 Å². The van der Waals surface area contributed by atoms with Crippen molar-refractivity contribution in [1.29, 1.82) is 0 Å². The smallest absolute Gasteiger partial charge is 0.410 e. The first-order valence-electron chi connectivity index (χ1n) is 7.94. The molecule has 0 saturated carbocycles. The van der Waals surface area contributed by atoms with E-state index in [1.807, 2.05) is 0 Å². The molecule has 0 radical (unpaired) electrons. The average Bonchev–Trinajstić information content (AvgIpc) is 2.83. The van der Waals surface area contributed by atoms with Gasteiger partial charge >= 0.3 is 12.1 Å². The van der Waals surface area contributed by atoms with E-state index in [9.17, 15) is 19.5 Å². The van der Waals surface area contributed by atoms with Gasteiger partial charge in [0.05, 0.1) is 0 Å². The van der Waals surface area contributed by atoms with Crippen LogP contribution in [0.4, 0.5) is 4.79 Å². The maximum Gasteiger partial charge on any atom is 0.410 e. The van der Waals surface area contributed by atoms with Gasteiger partial charge in [-0.2, -0.15) is 0 Å². The second kappa shape index (κ2) is 7.19. The van der Waals surface area contributed by atoms with Crippen molar-refractivity contribution in [3.63, 3.8) is 0 Å². The van der Waals surface area contributed by atoms with Crippen LogP contribution < -0.4 is 0 Å². The molecule has 0 aromatic rings. The molecule has 1 aliphatic heterocycles. The number of nitrogens with zero attached hydrogens (tertiary/aromatic N) is 2. The summed E-state index contributed by atoms with van der Waals surface area (Å²) in [6.07, 6.45) is 0.689. The third-order valence-electron chi connectivity index (χ3n) is 3.82. The van der Waals surface area contributed by atoms with E-state index < -0.39 is 29.7 Å². The Balaban J connectivity index is 2.89. The summed E-state index contributed by atoms with van der Waals surface area (Å²) in [7, 11) is 1.48. The number of carboxylic acid groups (broad SMARTS) is 1. The second-order valence-corrected chi connectivity index (χ2v) is 7.31. The number of likely N-dealkylation sites (tertiary alicyclic amines) is 1. The molecule has 1 saturated heterocycles. The zero-order valence-corrected chi connectivity index (χ0v) is 14.8. The van der Waals surface area contributed by atoms with Gasteiger partial charge in [-0.25, -0.2) is 9.59 Å². The molecule has 132 valence electrons. The number of likely N-dealkylation sites (N-methyl/N-ethyl adjacent to an activating group) is 1. The van der Waals surface area contributed by atoms with Gasteiger partial charge in [-0.1, -0.05) is 13.8 Å². The quantitative estimate of drug-likeness (QED) is 0.852. The van der Waals surface area contributed by atoms with Gasteiger partial charge in [-0.3, -0.25) is 9.69 Å².